The predicted molar refractivity (Wildman–Crippen MR) is 112 cm³/mol. The van der Waals surface area contributed by atoms with Crippen LogP contribution in [0.15, 0.2) is 42.5 Å². The predicted octanol–water partition coefficient (Wildman–Crippen LogP) is 2.72. The van der Waals surface area contributed by atoms with Crippen molar-refractivity contribution < 1.29 is 27.4 Å². The van der Waals surface area contributed by atoms with Crippen LogP contribution in [0.4, 0.5) is 4.39 Å². The first-order valence-electron chi connectivity index (χ1n) is 9.51. The summed E-state index contributed by atoms with van der Waals surface area (Å²) in [5.41, 5.74) is 0.777. The molecular weight excluding hydrogens is 433 g/mol. The number of sulfone groups is 1. The number of carbonyl (C=O) groups excluding carboxylic acids is 1. The summed E-state index contributed by atoms with van der Waals surface area (Å²) in [5.74, 6) is 0.0374. The van der Waals surface area contributed by atoms with Crippen LogP contribution in [-0.2, 0) is 16.4 Å². The molecule has 0 amide bonds. The number of aliphatic hydroxyl groups is 1. The second-order valence-corrected chi connectivity index (χ2v) is 9.97. The molecule has 1 N–H and O–H groups in total. The highest BCUT2D eigenvalue weighted by Gasteiger charge is 2.33. The quantitative estimate of drug-likeness (QED) is 0.585. The van der Waals surface area contributed by atoms with E-state index in [9.17, 15) is 22.7 Å². The summed E-state index contributed by atoms with van der Waals surface area (Å²) in [5, 5.41) is 10.7. The molecule has 30 heavy (non-hydrogen) atoms. The Kier molecular flexibility index (Phi) is 7.46. The summed E-state index contributed by atoms with van der Waals surface area (Å²) < 4.78 is 43.7. The van der Waals surface area contributed by atoms with Gasteiger partial charge in [-0.15, -0.1) is 0 Å². The first-order valence-corrected chi connectivity index (χ1v) is 11.7. The third-order valence-electron chi connectivity index (χ3n) is 5.05. The van der Waals surface area contributed by atoms with Gasteiger partial charge in [0, 0.05) is 35.3 Å². The average Bonchev–Trinajstić information content (AvgIpc) is 3.08. The maximum atomic E-state index is 14.3. The van der Waals surface area contributed by atoms with Crippen LogP contribution in [0.1, 0.15) is 22.3 Å². The molecule has 0 aliphatic carbocycles. The van der Waals surface area contributed by atoms with Crippen LogP contribution in [0.25, 0.3) is 0 Å². The van der Waals surface area contributed by atoms with Gasteiger partial charge in [0.15, 0.2) is 9.84 Å². The van der Waals surface area contributed by atoms with Crippen LogP contribution in [0.5, 0.6) is 5.75 Å². The van der Waals surface area contributed by atoms with E-state index in [-0.39, 0.29) is 47.8 Å². The highest BCUT2D eigenvalue weighted by atomic mass is 35.5. The van der Waals surface area contributed by atoms with E-state index < -0.39 is 21.8 Å². The smallest absolute Gasteiger partial charge is 0.151 e. The molecule has 1 heterocycles. The number of carbonyl (C=O) groups is 1. The fourth-order valence-corrected chi connectivity index (χ4v) is 5.44. The third kappa shape index (κ3) is 6.01. The molecule has 0 saturated carbocycles. The Morgan fingerprint density at radius 1 is 1.27 bits per heavy atom. The lowest BCUT2D eigenvalue weighted by molar-refractivity contribution is 0.0520. The molecule has 9 heteroatoms. The SMILES string of the molecule is O=Cc1ccc(OCC(O)CN(Cc2c(F)cccc2Cl)C2CCS(=O)(=O)C2)cc1. The molecule has 2 aromatic carbocycles. The molecule has 3 rings (SSSR count). The van der Waals surface area contributed by atoms with Gasteiger partial charge in [-0.3, -0.25) is 9.69 Å². The zero-order chi connectivity index (χ0) is 21.7. The lowest BCUT2D eigenvalue weighted by Gasteiger charge is -2.30. The lowest BCUT2D eigenvalue weighted by atomic mass is 10.1. The van der Waals surface area contributed by atoms with Crippen molar-refractivity contribution in [3.05, 3.63) is 64.4 Å². The molecule has 2 unspecified atom stereocenters. The zero-order valence-corrected chi connectivity index (χ0v) is 17.8. The maximum Gasteiger partial charge on any atom is 0.151 e. The fourth-order valence-electron chi connectivity index (χ4n) is 3.45. The van der Waals surface area contributed by atoms with Gasteiger partial charge >= 0.3 is 0 Å². The van der Waals surface area contributed by atoms with Gasteiger partial charge in [0.05, 0.1) is 11.5 Å². The van der Waals surface area contributed by atoms with Crippen molar-refractivity contribution in [2.24, 2.45) is 0 Å². The minimum absolute atomic E-state index is 0.0403. The number of aliphatic hydroxyl groups excluding tert-OH is 1. The summed E-state index contributed by atoms with van der Waals surface area (Å²) in [6.07, 6.45) is 0.194. The van der Waals surface area contributed by atoms with Crippen molar-refractivity contribution in [2.45, 2.75) is 25.1 Å². The normalized spacial score (nSPS) is 19.0. The van der Waals surface area contributed by atoms with Crippen molar-refractivity contribution in [1.82, 2.24) is 4.90 Å². The third-order valence-corrected chi connectivity index (χ3v) is 7.16. The maximum absolute atomic E-state index is 14.3. The minimum atomic E-state index is -3.16. The molecule has 0 aromatic heterocycles. The Labute approximate surface area is 180 Å². The number of aldehydes is 1. The number of hydrogen-bond donors (Lipinski definition) is 1. The van der Waals surface area contributed by atoms with Crippen molar-refractivity contribution in [2.75, 3.05) is 24.7 Å². The van der Waals surface area contributed by atoms with Gasteiger partial charge in [-0.05, 0) is 42.8 Å². The van der Waals surface area contributed by atoms with Gasteiger partial charge in [-0.25, -0.2) is 12.8 Å². The molecule has 1 aliphatic rings. The Morgan fingerprint density at radius 3 is 2.60 bits per heavy atom. The molecule has 2 aromatic rings. The molecule has 1 fully saturated rings. The van der Waals surface area contributed by atoms with E-state index in [1.807, 2.05) is 0 Å². The highest BCUT2D eigenvalue weighted by molar-refractivity contribution is 7.91. The Morgan fingerprint density at radius 2 is 2.00 bits per heavy atom. The van der Waals surface area contributed by atoms with Crippen molar-refractivity contribution in [3.63, 3.8) is 0 Å². The average molecular weight is 456 g/mol. The molecule has 0 radical (unpaired) electrons. The standard InChI is InChI=1S/C21H23ClFNO5S/c22-20-2-1-3-21(23)19(20)11-24(16-8-9-30(27,28)14-16)10-17(26)13-29-18-6-4-15(12-25)5-7-18/h1-7,12,16-17,26H,8-11,13-14H2. The van der Waals surface area contributed by atoms with Crippen LogP contribution in [0.3, 0.4) is 0 Å². The number of benzene rings is 2. The molecule has 0 spiro atoms. The zero-order valence-electron chi connectivity index (χ0n) is 16.2. The first-order chi connectivity index (χ1) is 14.3. The van der Waals surface area contributed by atoms with Crippen molar-refractivity contribution >= 4 is 27.7 Å². The molecule has 6 nitrogen and oxygen atoms in total. The van der Waals surface area contributed by atoms with Crippen LogP contribution < -0.4 is 4.74 Å². The van der Waals surface area contributed by atoms with Crippen molar-refractivity contribution in [3.8, 4) is 5.75 Å². The Balaban J connectivity index is 1.68. The molecular formula is C21H23ClFNO5S. The van der Waals surface area contributed by atoms with E-state index in [1.165, 1.54) is 12.1 Å². The Bertz CT molecular complexity index is 963. The monoisotopic (exact) mass is 455 g/mol. The number of halogens is 2. The summed E-state index contributed by atoms with van der Waals surface area (Å²) in [6, 6.07) is 10.5. The molecule has 1 aliphatic heterocycles. The molecule has 162 valence electrons. The fraction of sp³-hybridized carbons (Fsp3) is 0.381. The van der Waals surface area contributed by atoms with Gasteiger partial charge in [0.25, 0.3) is 0 Å². The molecule has 0 bridgehead atoms. The lowest BCUT2D eigenvalue weighted by Crippen LogP contribution is -2.42. The molecule has 1 saturated heterocycles. The second-order valence-electron chi connectivity index (χ2n) is 7.34. The summed E-state index contributed by atoms with van der Waals surface area (Å²) in [7, 11) is -3.16. The Hall–Kier alpha value is -2.00. The number of hydrogen-bond acceptors (Lipinski definition) is 6. The first kappa shape index (κ1) is 22.7. The largest absolute Gasteiger partial charge is 0.491 e. The van der Waals surface area contributed by atoms with Crippen molar-refractivity contribution in [1.29, 1.82) is 0 Å². The highest BCUT2D eigenvalue weighted by Crippen LogP contribution is 2.25. The van der Waals surface area contributed by atoms with E-state index in [0.29, 0.717) is 17.7 Å². The van der Waals surface area contributed by atoms with Gasteiger partial charge in [0.1, 0.15) is 30.6 Å². The van der Waals surface area contributed by atoms with Crippen LogP contribution in [0, 0.1) is 5.82 Å². The van der Waals surface area contributed by atoms with Gasteiger partial charge in [-0.1, -0.05) is 17.7 Å². The number of rotatable bonds is 9. The summed E-state index contributed by atoms with van der Waals surface area (Å²) in [6.45, 7) is 0.134. The van der Waals surface area contributed by atoms with Gasteiger partial charge in [-0.2, -0.15) is 0 Å². The van der Waals surface area contributed by atoms with E-state index in [0.717, 1.165) is 6.29 Å². The van der Waals surface area contributed by atoms with Crippen LogP contribution in [0.2, 0.25) is 5.02 Å². The van der Waals surface area contributed by atoms with E-state index in [4.69, 9.17) is 16.3 Å². The van der Waals surface area contributed by atoms with Crippen LogP contribution >= 0.6 is 11.6 Å². The number of ether oxygens (including phenoxy) is 1. The van der Waals surface area contributed by atoms with E-state index in [2.05, 4.69) is 0 Å². The van der Waals surface area contributed by atoms with Gasteiger partial charge < -0.3 is 9.84 Å². The van der Waals surface area contributed by atoms with E-state index in [1.54, 1.807) is 35.2 Å². The summed E-state index contributed by atoms with van der Waals surface area (Å²) in [4.78, 5) is 12.5. The minimum Gasteiger partial charge on any atom is -0.491 e. The van der Waals surface area contributed by atoms with E-state index >= 15 is 0 Å². The van der Waals surface area contributed by atoms with Crippen LogP contribution in [-0.4, -0.2) is 61.5 Å². The summed E-state index contributed by atoms with van der Waals surface area (Å²) >= 11 is 6.14. The second kappa shape index (κ2) is 9.87. The van der Waals surface area contributed by atoms with Gasteiger partial charge in [0.2, 0.25) is 0 Å². The topological polar surface area (TPSA) is 83.9 Å². The number of nitrogens with zero attached hydrogens (tertiary/aromatic N) is 1. The molecule has 2 atom stereocenters.